The van der Waals surface area contributed by atoms with Gasteiger partial charge in [0.25, 0.3) is 0 Å². The first-order valence-electron chi connectivity index (χ1n) is 7.45. The third-order valence-electron chi connectivity index (χ3n) is 4.39. The highest BCUT2D eigenvalue weighted by molar-refractivity contribution is 4.87. The van der Waals surface area contributed by atoms with E-state index in [2.05, 4.69) is 38.2 Å². The topological polar surface area (TPSA) is 15.3 Å². The van der Waals surface area contributed by atoms with E-state index in [0.29, 0.717) is 5.41 Å². The zero-order chi connectivity index (χ0) is 12.7. The molecule has 0 radical (unpaired) electrons. The summed E-state index contributed by atoms with van der Waals surface area (Å²) in [6.07, 6.45) is 8.43. The van der Waals surface area contributed by atoms with Crippen molar-refractivity contribution < 1.29 is 0 Å². The van der Waals surface area contributed by atoms with Crippen LogP contribution in [0, 0.1) is 11.3 Å². The zero-order valence-corrected chi connectivity index (χ0v) is 12.4. The lowest BCUT2D eigenvalue weighted by Crippen LogP contribution is -2.44. The van der Waals surface area contributed by atoms with E-state index >= 15 is 0 Å². The Bertz CT molecular complexity index is 192. The number of hydrogen-bond acceptors (Lipinski definition) is 2. The van der Waals surface area contributed by atoms with Crippen molar-refractivity contribution in [2.45, 2.75) is 52.4 Å². The molecular formula is C15H32N2. The quantitative estimate of drug-likeness (QED) is 0.735. The molecule has 0 spiro atoms. The Kier molecular flexibility index (Phi) is 6.50. The van der Waals surface area contributed by atoms with Crippen LogP contribution in [-0.2, 0) is 0 Å². The fraction of sp³-hybridized carbons (Fsp3) is 1.00. The van der Waals surface area contributed by atoms with Gasteiger partial charge in [-0.05, 0) is 38.3 Å². The molecule has 0 heterocycles. The van der Waals surface area contributed by atoms with Crippen LogP contribution in [0.3, 0.4) is 0 Å². The van der Waals surface area contributed by atoms with E-state index < -0.39 is 0 Å². The van der Waals surface area contributed by atoms with Gasteiger partial charge in [0, 0.05) is 19.6 Å². The summed E-state index contributed by atoms with van der Waals surface area (Å²) in [5.74, 6) is 0.829. The predicted molar refractivity (Wildman–Crippen MR) is 76.4 cm³/mol. The SMILES string of the molecule is CCC(C)CN(C)CC1(CNC)CCCCC1. The van der Waals surface area contributed by atoms with E-state index in [9.17, 15) is 0 Å². The summed E-state index contributed by atoms with van der Waals surface area (Å²) in [5.41, 5.74) is 0.551. The second-order valence-corrected chi connectivity index (χ2v) is 6.30. The maximum atomic E-state index is 3.42. The maximum Gasteiger partial charge on any atom is 0.00472 e. The number of nitrogens with zero attached hydrogens (tertiary/aromatic N) is 1. The van der Waals surface area contributed by atoms with Crippen LogP contribution >= 0.6 is 0 Å². The average Bonchev–Trinajstić information content (AvgIpc) is 2.29. The Labute approximate surface area is 108 Å². The van der Waals surface area contributed by atoms with Crippen molar-refractivity contribution in [3.63, 3.8) is 0 Å². The van der Waals surface area contributed by atoms with Gasteiger partial charge in [-0.2, -0.15) is 0 Å². The molecule has 1 rings (SSSR count). The lowest BCUT2D eigenvalue weighted by atomic mass is 9.73. The molecule has 0 aromatic heterocycles. The average molecular weight is 240 g/mol. The van der Waals surface area contributed by atoms with E-state index in [0.717, 1.165) is 5.92 Å². The van der Waals surface area contributed by atoms with E-state index in [-0.39, 0.29) is 0 Å². The molecule has 0 bridgehead atoms. The first kappa shape index (κ1) is 15.0. The van der Waals surface area contributed by atoms with Crippen LogP contribution in [0.2, 0.25) is 0 Å². The molecule has 1 N–H and O–H groups in total. The van der Waals surface area contributed by atoms with Crippen LogP contribution in [0.15, 0.2) is 0 Å². The first-order chi connectivity index (χ1) is 8.12. The van der Waals surface area contributed by atoms with Crippen molar-refractivity contribution in [3.05, 3.63) is 0 Å². The lowest BCUT2D eigenvalue weighted by molar-refractivity contribution is 0.111. The Morgan fingerprint density at radius 2 is 1.88 bits per heavy atom. The summed E-state index contributed by atoms with van der Waals surface area (Å²) in [6, 6.07) is 0. The second kappa shape index (κ2) is 7.38. The fourth-order valence-electron chi connectivity index (χ4n) is 3.37. The van der Waals surface area contributed by atoms with Gasteiger partial charge in [-0.3, -0.25) is 0 Å². The zero-order valence-electron chi connectivity index (χ0n) is 12.4. The first-order valence-corrected chi connectivity index (χ1v) is 7.45. The Morgan fingerprint density at radius 3 is 2.41 bits per heavy atom. The third kappa shape index (κ3) is 4.97. The van der Waals surface area contributed by atoms with E-state index in [4.69, 9.17) is 0 Å². The largest absolute Gasteiger partial charge is 0.319 e. The van der Waals surface area contributed by atoms with Crippen LogP contribution in [-0.4, -0.2) is 38.6 Å². The maximum absolute atomic E-state index is 3.42. The highest BCUT2D eigenvalue weighted by atomic mass is 15.1. The van der Waals surface area contributed by atoms with Gasteiger partial charge in [-0.25, -0.2) is 0 Å². The summed E-state index contributed by atoms with van der Waals surface area (Å²) in [5, 5.41) is 3.42. The predicted octanol–water partition coefficient (Wildman–Crippen LogP) is 3.13. The van der Waals surface area contributed by atoms with E-state index in [1.165, 1.54) is 58.2 Å². The highest BCUT2D eigenvalue weighted by Gasteiger charge is 2.32. The van der Waals surface area contributed by atoms with Gasteiger partial charge >= 0.3 is 0 Å². The monoisotopic (exact) mass is 240 g/mol. The molecule has 2 heteroatoms. The van der Waals surface area contributed by atoms with Gasteiger partial charge in [0.2, 0.25) is 0 Å². The summed E-state index contributed by atoms with van der Waals surface area (Å²) < 4.78 is 0. The molecule has 0 amide bonds. The molecule has 1 saturated carbocycles. The van der Waals surface area contributed by atoms with Crippen LogP contribution in [0.1, 0.15) is 52.4 Å². The van der Waals surface area contributed by atoms with Crippen LogP contribution in [0.4, 0.5) is 0 Å². The smallest absolute Gasteiger partial charge is 0.00472 e. The molecule has 17 heavy (non-hydrogen) atoms. The molecule has 1 aliphatic rings. The van der Waals surface area contributed by atoms with Crippen molar-refractivity contribution in [3.8, 4) is 0 Å². The lowest BCUT2D eigenvalue weighted by Gasteiger charge is -2.40. The molecule has 0 saturated heterocycles. The molecule has 2 nitrogen and oxygen atoms in total. The van der Waals surface area contributed by atoms with Gasteiger partial charge < -0.3 is 10.2 Å². The van der Waals surface area contributed by atoms with Gasteiger partial charge in [0.05, 0.1) is 0 Å². The molecule has 102 valence electrons. The molecule has 1 unspecified atom stereocenters. The molecular weight excluding hydrogens is 208 g/mol. The number of rotatable bonds is 7. The standard InChI is InChI=1S/C15H32N2/c1-5-14(2)11-17(4)13-15(12-16-3)9-7-6-8-10-15/h14,16H,5-13H2,1-4H3. The minimum absolute atomic E-state index is 0.551. The summed E-state index contributed by atoms with van der Waals surface area (Å²) in [4.78, 5) is 2.57. The highest BCUT2D eigenvalue weighted by Crippen LogP contribution is 2.36. The van der Waals surface area contributed by atoms with Gasteiger partial charge in [0.15, 0.2) is 0 Å². The Balaban J connectivity index is 2.47. The molecule has 1 fully saturated rings. The second-order valence-electron chi connectivity index (χ2n) is 6.30. The third-order valence-corrected chi connectivity index (χ3v) is 4.39. The minimum Gasteiger partial charge on any atom is -0.319 e. The van der Waals surface area contributed by atoms with Crippen molar-refractivity contribution in [1.82, 2.24) is 10.2 Å². The van der Waals surface area contributed by atoms with Crippen LogP contribution in [0.5, 0.6) is 0 Å². The number of nitrogens with one attached hydrogen (secondary N) is 1. The van der Waals surface area contributed by atoms with Gasteiger partial charge in [-0.1, -0.05) is 39.5 Å². The van der Waals surface area contributed by atoms with E-state index in [1.54, 1.807) is 0 Å². The van der Waals surface area contributed by atoms with Gasteiger partial charge in [0.1, 0.15) is 0 Å². The molecule has 0 aliphatic heterocycles. The van der Waals surface area contributed by atoms with Crippen molar-refractivity contribution in [2.24, 2.45) is 11.3 Å². The fourth-order valence-corrected chi connectivity index (χ4v) is 3.37. The van der Waals surface area contributed by atoms with E-state index in [1.807, 2.05) is 0 Å². The van der Waals surface area contributed by atoms with Gasteiger partial charge in [-0.15, -0.1) is 0 Å². The summed E-state index contributed by atoms with van der Waals surface area (Å²) in [7, 11) is 4.41. The normalized spacial score (nSPS) is 21.7. The Hall–Kier alpha value is -0.0800. The summed E-state index contributed by atoms with van der Waals surface area (Å²) >= 11 is 0. The van der Waals surface area contributed by atoms with Crippen molar-refractivity contribution in [1.29, 1.82) is 0 Å². The molecule has 0 aromatic carbocycles. The number of hydrogen-bond donors (Lipinski definition) is 1. The summed E-state index contributed by atoms with van der Waals surface area (Å²) in [6.45, 7) is 8.38. The van der Waals surface area contributed by atoms with Crippen LogP contribution in [0.25, 0.3) is 0 Å². The molecule has 1 atom stereocenters. The van der Waals surface area contributed by atoms with Crippen LogP contribution < -0.4 is 5.32 Å². The Morgan fingerprint density at radius 1 is 1.24 bits per heavy atom. The molecule has 1 aliphatic carbocycles. The van der Waals surface area contributed by atoms with Crippen molar-refractivity contribution in [2.75, 3.05) is 33.7 Å². The van der Waals surface area contributed by atoms with Crippen molar-refractivity contribution >= 4 is 0 Å². The minimum atomic E-state index is 0.551. The molecule has 0 aromatic rings.